The summed E-state index contributed by atoms with van der Waals surface area (Å²) in [5, 5.41) is 11.4. The van der Waals surface area contributed by atoms with Crippen molar-refractivity contribution in [3.8, 4) is 0 Å². The van der Waals surface area contributed by atoms with Crippen LogP contribution in [0.1, 0.15) is 57.1 Å². The lowest BCUT2D eigenvalue weighted by atomic mass is 9.96. The molecule has 0 bridgehead atoms. The van der Waals surface area contributed by atoms with Crippen LogP contribution in [0.4, 0.5) is 0 Å². The van der Waals surface area contributed by atoms with Gasteiger partial charge in [0.05, 0.1) is 6.54 Å². The zero-order valence-electron chi connectivity index (χ0n) is 27.7. The third kappa shape index (κ3) is 8.21. The monoisotopic (exact) mass is 658 g/mol. The van der Waals surface area contributed by atoms with Gasteiger partial charge >= 0.3 is 0 Å². The summed E-state index contributed by atoms with van der Waals surface area (Å²) in [6.07, 6.45) is 2.90. The molecule has 3 saturated heterocycles. The summed E-state index contributed by atoms with van der Waals surface area (Å²) in [7, 11) is 0. The van der Waals surface area contributed by atoms with E-state index in [-0.39, 0.29) is 25.3 Å². The van der Waals surface area contributed by atoms with Crippen molar-refractivity contribution in [2.75, 3.05) is 19.6 Å². The number of fused-ring (bicyclic) bond motifs is 2. The molecular formula is C36H46N6O6. The number of nitrogens with one attached hydrogen (secondary N) is 4. The SMILES string of the molecule is CC[C@H](C)[C@@H]1NC(=O)[C@H]2CCCN2C(=O)CNC(=O)[C@H]2CCCN2C(=O)[C@@H](Cc2ccccc2)NC(=O)[C@H](Cc2ccccc2)NC1=O. The predicted molar refractivity (Wildman–Crippen MR) is 178 cm³/mol. The fourth-order valence-corrected chi connectivity index (χ4v) is 6.82. The number of hydrogen-bond acceptors (Lipinski definition) is 6. The highest BCUT2D eigenvalue weighted by Gasteiger charge is 2.41. The van der Waals surface area contributed by atoms with Crippen molar-refractivity contribution >= 4 is 35.4 Å². The molecule has 3 fully saturated rings. The van der Waals surface area contributed by atoms with Crippen LogP contribution in [0.3, 0.4) is 0 Å². The van der Waals surface area contributed by atoms with E-state index in [2.05, 4.69) is 21.3 Å². The van der Waals surface area contributed by atoms with E-state index in [1.807, 2.05) is 74.5 Å². The van der Waals surface area contributed by atoms with E-state index in [0.29, 0.717) is 45.2 Å². The van der Waals surface area contributed by atoms with Crippen molar-refractivity contribution in [3.05, 3.63) is 71.8 Å². The van der Waals surface area contributed by atoms with Gasteiger partial charge in [-0.1, -0.05) is 80.9 Å². The van der Waals surface area contributed by atoms with Crippen LogP contribution in [0.5, 0.6) is 0 Å². The molecule has 0 spiro atoms. The Balaban J connectivity index is 1.51. The van der Waals surface area contributed by atoms with Crippen LogP contribution in [0.15, 0.2) is 60.7 Å². The van der Waals surface area contributed by atoms with Crippen molar-refractivity contribution in [2.45, 2.75) is 89.0 Å². The Hall–Kier alpha value is -4.74. The Morgan fingerprint density at radius 2 is 1.21 bits per heavy atom. The molecule has 2 aromatic carbocycles. The zero-order chi connectivity index (χ0) is 34.2. The summed E-state index contributed by atoms with van der Waals surface area (Å²) >= 11 is 0. The van der Waals surface area contributed by atoms with Crippen molar-refractivity contribution < 1.29 is 28.8 Å². The average Bonchev–Trinajstić information content (AvgIpc) is 3.80. The van der Waals surface area contributed by atoms with E-state index in [9.17, 15) is 28.8 Å². The van der Waals surface area contributed by atoms with Gasteiger partial charge in [-0.15, -0.1) is 0 Å². The van der Waals surface area contributed by atoms with E-state index >= 15 is 0 Å². The Morgan fingerprint density at radius 1 is 0.667 bits per heavy atom. The van der Waals surface area contributed by atoms with Gasteiger partial charge in [-0.05, 0) is 42.7 Å². The van der Waals surface area contributed by atoms with E-state index in [1.165, 1.54) is 9.80 Å². The summed E-state index contributed by atoms with van der Waals surface area (Å²) in [5.41, 5.74) is 1.61. The van der Waals surface area contributed by atoms with E-state index in [4.69, 9.17) is 0 Å². The van der Waals surface area contributed by atoms with Crippen LogP contribution in [-0.4, -0.2) is 95.1 Å². The molecule has 4 N–H and O–H groups in total. The van der Waals surface area contributed by atoms with Crippen LogP contribution >= 0.6 is 0 Å². The summed E-state index contributed by atoms with van der Waals surface area (Å²) in [6, 6.07) is 13.8. The molecule has 3 aliphatic heterocycles. The smallest absolute Gasteiger partial charge is 0.246 e. The van der Waals surface area contributed by atoms with Crippen LogP contribution < -0.4 is 21.3 Å². The molecule has 0 saturated carbocycles. The number of nitrogens with zero attached hydrogens (tertiary/aromatic N) is 2. The van der Waals surface area contributed by atoms with Gasteiger partial charge in [0.25, 0.3) is 0 Å². The molecule has 12 nitrogen and oxygen atoms in total. The maximum atomic E-state index is 14.2. The van der Waals surface area contributed by atoms with Gasteiger partial charge in [0.2, 0.25) is 35.4 Å². The first-order chi connectivity index (χ1) is 23.2. The fraction of sp³-hybridized carbons (Fsp3) is 0.500. The highest BCUT2D eigenvalue weighted by Crippen LogP contribution is 2.22. The maximum absolute atomic E-state index is 14.2. The largest absolute Gasteiger partial charge is 0.345 e. The minimum Gasteiger partial charge on any atom is -0.345 e. The fourth-order valence-electron chi connectivity index (χ4n) is 6.82. The van der Waals surface area contributed by atoms with E-state index in [0.717, 1.165) is 11.1 Å². The minimum absolute atomic E-state index is 0.144. The van der Waals surface area contributed by atoms with Gasteiger partial charge < -0.3 is 31.1 Å². The molecule has 0 aromatic heterocycles. The van der Waals surface area contributed by atoms with Crippen LogP contribution in [0.2, 0.25) is 0 Å². The Labute approximate surface area is 281 Å². The third-order valence-corrected chi connectivity index (χ3v) is 9.73. The first-order valence-corrected chi connectivity index (χ1v) is 17.0. The van der Waals surface area contributed by atoms with Crippen LogP contribution in [0.25, 0.3) is 0 Å². The second-order valence-electron chi connectivity index (χ2n) is 13.0. The molecule has 6 atom stereocenters. The first-order valence-electron chi connectivity index (χ1n) is 17.0. The van der Waals surface area contributed by atoms with Gasteiger partial charge in [-0.2, -0.15) is 0 Å². The standard InChI is InChI=1S/C36H46N6O6/c1-3-23(2)31-35(47)38-26(20-24-12-6-4-7-13-24)32(44)39-27(21-25-14-8-5-9-15-25)36(48)42-19-11-16-28(42)33(45)37-22-30(43)41-18-10-17-29(41)34(46)40-31/h4-9,12-15,23,26-29,31H,3,10-11,16-22H2,1-2H3,(H,37,45)(H,38,47)(H,39,44)(H,40,46)/t23-,26-,27+,28+,29+,31-/m0/s1. The summed E-state index contributed by atoms with van der Waals surface area (Å²) in [4.78, 5) is 85.6. The normalized spacial score (nSPS) is 26.8. The number of amides is 6. The lowest BCUT2D eigenvalue weighted by molar-refractivity contribution is -0.143. The zero-order valence-corrected chi connectivity index (χ0v) is 27.7. The highest BCUT2D eigenvalue weighted by atomic mass is 16.2. The number of benzene rings is 2. The van der Waals surface area contributed by atoms with E-state index < -0.39 is 65.7 Å². The quantitative estimate of drug-likeness (QED) is 0.364. The van der Waals surface area contributed by atoms with E-state index in [1.54, 1.807) is 0 Å². The Morgan fingerprint density at radius 3 is 1.81 bits per heavy atom. The highest BCUT2D eigenvalue weighted by molar-refractivity contribution is 5.98. The third-order valence-electron chi connectivity index (χ3n) is 9.73. The summed E-state index contributed by atoms with van der Waals surface area (Å²) in [5.74, 6) is -3.08. The second kappa shape index (κ2) is 15.9. The maximum Gasteiger partial charge on any atom is 0.246 e. The van der Waals surface area contributed by atoms with Gasteiger partial charge in [0.15, 0.2) is 0 Å². The summed E-state index contributed by atoms with van der Waals surface area (Å²) in [6.45, 7) is 4.10. The number of hydrogen-bond donors (Lipinski definition) is 4. The molecule has 0 aliphatic carbocycles. The lowest BCUT2D eigenvalue weighted by Gasteiger charge is -2.32. The van der Waals surface area contributed by atoms with Crippen molar-refractivity contribution in [3.63, 3.8) is 0 Å². The molecule has 6 amide bonds. The Bertz CT molecular complexity index is 1490. The van der Waals surface area contributed by atoms with Crippen LogP contribution in [-0.2, 0) is 41.6 Å². The lowest BCUT2D eigenvalue weighted by Crippen LogP contribution is -2.61. The predicted octanol–water partition coefficient (Wildman–Crippen LogP) is 1.08. The van der Waals surface area contributed by atoms with Crippen molar-refractivity contribution in [1.82, 2.24) is 31.1 Å². The van der Waals surface area contributed by atoms with Gasteiger partial charge in [-0.3, -0.25) is 28.8 Å². The van der Waals surface area contributed by atoms with Crippen LogP contribution in [0, 0.1) is 5.92 Å². The van der Waals surface area contributed by atoms with Crippen molar-refractivity contribution in [1.29, 1.82) is 0 Å². The Kier molecular flexibility index (Phi) is 11.5. The molecular weight excluding hydrogens is 612 g/mol. The molecule has 48 heavy (non-hydrogen) atoms. The molecule has 5 rings (SSSR count). The molecule has 3 aliphatic rings. The molecule has 3 heterocycles. The molecule has 2 aromatic rings. The molecule has 0 radical (unpaired) electrons. The number of carbonyl (C=O) groups is 6. The van der Waals surface area contributed by atoms with Gasteiger partial charge in [-0.25, -0.2) is 0 Å². The average molecular weight is 659 g/mol. The van der Waals surface area contributed by atoms with Crippen molar-refractivity contribution in [2.24, 2.45) is 5.92 Å². The number of carbonyl (C=O) groups excluding carboxylic acids is 6. The van der Waals surface area contributed by atoms with Gasteiger partial charge in [0.1, 0.15) is 30.2 Å². The molecule has 0 unspecified atom stereocenters. The second-order valence-corrected chi connectivity index (χ2v) is 13.0. The molecule has 12 heteroatoms. The number of rotatable bonds is 6. The molecule has 256 valence electrons. The minimum atomic E-state index is -1.07. The topological polar surface area (TPSA) is 157 Å². The summed E-state index contributed by atoms with van der Waals surface area (Å²) < 4.78 is 0. The van der Waals surface area contributed by atoms with Gasteiger partial charge in [0, 0.05) is 25.9 Å². The first kappa shape index (κ1) is 34.6.